The standard InChI is InChI=1S/C20H16ClN3O4/c1-27-19(25)16-9-7-13(11-17(16)21)18-10-8-15(28-18)12-22-24-20(26)23-14-5-3-2-4-6-14/h2-12H,1H3,(H2,23,24,26)/b22-12+. The van der Waals surface area contributed by atoms with E-state index in [1.807, 2.05) is 18.2 Å². The van der Waals surface area contributed by atoms with Crippen LogP contribution in [0.4, 0.5) is 10.5 Å². The first kappa shape index (κ1) is 19.2. The van der Waals surface area contributed by atoms with E-state index in [0.717, 1.165) is 0 Å². The number of halogens is 1. The van der Waals surface area contributed by atoms with E-state index in [-0.39, 0.29) is 10.6 Å². The van der Waals surface area contributed by atoms with Gasteiger partial charge in [0.05, 0.1) is 23.9 Å². The number of hydrazone groups is 1. The van der Waals surface area contributed by atoms with Gasteiger partial charge >= 0.3 is 12.0 Å². The van der Waals surface area contributed by atoms with Gasteiger partial charge in [0.15, 0.2) is 0 Å². The van der Waals surface area contributed by atoms with Crippen molar-refractivity contribution in [3.8, 4) is 11.3 Å². The van der Waals surface area contributed by atoms with Gasteiger partial charge in [-0.05, 0) is 36.4 Å². The van der Waals surface area contributed by atoms with E-state index >= 15 is 0 Å². The molecule has 0 unspecified atom stereocenters. The van der Waals surface area contributed by atoms with Crippen molar-refractivity contribution >= 4 is 35.5 Å². The molecule has 0 aliphatic heterocycles. The number of urea groups is 1. The first-order valence-electron chi connectivity index (χ1n) is 8.20. The van der Waals surface area contributed by atoms with Crippen molar-refractivity contribution in [2.24, 2.45) is 5.10 Å². The van der Waals surface area contributed by atoms with Crippen molar-refractivity contribution in [3.63, 3.8) is 0 Å². The number of amides is 2. The summed E-state index contributed by atoms with van der Waals surface area (Å²) < 4.78 is 10.3. The number of nitrogens with zero attached hydrogens (tertiary/aromatic N) is 1. The highest BCUT2D eigenvalue weighted by Crippen LogP contribution is 2.27. The van der Waals surface area contributed by atoms with Crippen molar-refractivity contribution in [2.75, 3.05) is 12.4 Å². The summed E-state index contributed by atoms with van der Waals surface area (Å²) in [5.74, 6) is 0.459. The molecule has 2 N–H and O–H groups in total. The molecule has 0 saturated carbocycles. The molecule has 2 amide bonds. The van der Waals surface area contributed by atoms with E-state index < -0.39 is 12.0 Å². The average molecular weight is 398 g/mol. The fourth-order valence-electron chi connectivity index (χ4n) is 2.36. The minimum Gasteiger partial charge on any atom is -0.465 e. The Labute approximate surface area is 166 Å². The van der Waals surface area contributed by atoms with E-state index in [2.05, 4.69) is 20.6 Å². The van der Waals surface area contributed by atoms with Crippen molar-refractivity contribution in [2.45, 2.75) is 0 Å². The maximum Gasteiger partial charge on any atom is 0.339 e. The van der Waals surface area contributed by atoms with Gasteiger partial charge < -0.3 is 14.5 Å². The van der Waals surface area contributed by atoms with Crippen LogP contribution >= 0.6 is 11.6 Å². The molecule has 3 rings (SSSR count). The largest absolute Gasteiger partial charge is 0.465 e. The minimum atomic E-state index is -0.510. The molecule has 8 heteroatoms. The Morgan fingerprint density at radius 3 is 2.61 bits per heavy atom. The van der Waals surface area contributed by atoms with Crippen molar-refractivity contribution in [1.29, 1.82) is 0 Å². The van der Waals surface area contributed by atoms with E-state index in [9.17, 15) is 9.59 Å². The summed E-state index contributed by atoms with van der Waals surface area (Å²) in [5, 5.41) is 6.74. The van der Waals surface area contributed by atoms with E-state index in [0.29, 0.717) is 22.8 Å². The summed E-state index contributed by atoms with van der Waals surface area (Å²) >= 11 is 6.12. The molecule has 0 aliphatic carbocycles. The number of nitrogens with one attached hydrogen (secondary N) is 2. The van der Waals surface area contributed by atoms with Crippen molar-refractivity contribution in [1.82, 2.24) is 5.43 Å². The van der Waals surface area contributed by atoms with Gasteiger partial charge in [-0.15, -0.1) is 0 Å². The molecule has 0 bridgehead atoms. The normalized spacial score (nSPS) is 10.6. The SMILES string of the molecule is COC(=O)c1ccc(-c2ccc(/C=N/NC(=O)Nc3ccccc3)o2)cc1Cl. The van der Waals surface area contributed by atoms with Crippen LogP contribution in [0.25, 0.3) is 11.3 Å². The number of anilines is 1. The second kappa shape index (κ2) is 8.88. The minimum absolute atomic E-state index is 0.259. The maximum atomic E-state index is 11.8. The zero-order chi connectivity index (χ0) is 19.9. The lowest BCUT2D eigenvalue weighted by Gasteiger charge is -2.04. The Hall–Kier alpha value is -3.58. The first-order valence-corrected chi connectivity index (χ1v) is 8.58. The molecule has 7 nitrogen and oxygen atoms in total. The summed E-state index contributed by atoms with van der Waals surface area (Å²) in [6, 6.07) is 16.8. The lowest BCUT2D eigenvalue weighted by molar-refractivity contribution is 0.0601. The van der Waals surface area contributed by atoms with Crippen LogP contribution in [-0.2, 0) is 4.74 Å². The molecule has 1 heterocycles. The highest BCUT2D eigenvalue weighted by molar-refractivity contribution is 6.33. The second-order valence-corrected chi connectivity index (χ2v) is 5.99. The lowest BCUT2D eigenvalue weighted by Crippen LogP contribution is -2.24. The fourth-order valence-corrected chi connectivity index (χ4v) is 2.61. The smallest absolute Gasteiger partial charge is 0.339 e. The number of furan rings is 1. The number of esters is 1. The number of ether oxygens (including phenoxy) is 1. The summed E-state index contributed by atoms with van der Waals surface area (Å²) in [4.78, 5) is 23.3. The zero-order valence-corrected chi connectivity index (χ0v) is 15.6. The fraction of sp³-hybridized carbons (Fsp3) is 0.0500. The second-order valence-electron chi connectivity index (χ2n) is 5.58. The number of methoxy groups -OCH3 is 1. The molecular formula is C20H16ClN3O4. The van der Waals surface area contributed by atoms with Gasteiger partial charge in [-0.1, -0.05) is 35.9 Å². The van der Waals surface area contributed by atoms with Crippen LogP contribution in [0.2, 0.25) is 5.02 Å². The van der Waals surface area contributed by atoms with Crippen molar-refractivity contribution < 1.29 is 18.7 Å². The van der Waals surface area contributed by atoms with Gasteiger partial charge in [-0.25, -0.2) is 15.0 Å². The van der Waals surface area contributed by atoms with Gasteiger partial charge in [0.1, 0.15) is 11.5 Å². The first-order chi connectivity index (χ1) is 13.6. The molecular weight excluding hydrogens is 382 g/mol. The lowest BCUT2D eigenvalue weighted by atomic mass is 10.1. The highest BCUT2D eigenvalue weighted by Gasteiger charge is 2.13. The molecule has 0 spiro atoms. The molecule has 3 aromatic rings. The third-order valence-electron chi connectivity index (χ3n) is 3.68. The Kier molecular flexibility index (Phi) is 6.08. The number of carbonyl (C=O) groups excluding carboxylic acids is 2. The number of hydrogen-bond acceptors (Lipinski definition) is 5. The van der Waals surface area contributed by atoms with Gasteiger partial charge in [0, 0.05) is 11.3 Å². The molecule has 0 aliphatic rings. The molecule has 1 aromatic heterocycles. The molecule has 142 valence electrons. The zero-order valence-electron chi connectivity index (χ0n) is 14.8. The van der Waals surface area contributed by atoms with Crippen molar-refractivity contribution in [3.05, 3.63) is 77.0 Å². The van der Waals surface area contributed by atoms with Crippen LogP contribution in [0.1, 0.15) is 16.1 Å². The Morgan fingerprint density at radius 2 is 1.89 bits per heavy atom. The highest BCUT2D eigenvalue weighted by atomic mass is 35.5. The van der Waals surface area contributed by atoms with E-state index in [1.165, 1.54) is 13.3 Å². The van der Waals surface area contributed by atoms with Gasteiger partial charge in [0.25, 0.3) is 0 Å². The van der Waals surface area contributed by atoms with Crippen LogP contribution in [0.5, 0.6) is 0 Å². The number of para-hydroxylation sites is 1. The molecule has 0 fully saturated rings. The molecule has 0 atom stereocenters. The van der Waals surface area contributed by atoms with Crippen LogP contribution in [0.3, 0.4) is 0 Å². The van der Waals surface area contributed by atoms with Crippen LogP contribution in [-0.4, -0.2) is 25.3 Å². The third-order valence-corrected chi connectivity index (χ3v) is 3.99. The summed E-state index contributed by atoms with van der Waals surface area (Å²) in [6.45, 7) is 0. The van der Waals surface area contributed by atoms with Gasteiger partial charge in [-0.3, -0.25) is 0 Å². The predicted octanol–water partition coefficient (Wildman–Crippen LogP) is 4.54. The summed E-state index contributed by atoms with van der Waals surface area (Å²) in [7, 11) is 1.29. The summed E-state index contributed by atoms with van der Waals surface area (Å²) in [5.41, 5.74) is 3.97. The molecule has 28 heavy (non-hydrogen) atoms. The number of hydrogen-bond donors (Lipinski definition) is 2. The predicted molar refractivity (Wildman–Crippen MR) is 107 cm³/mol. The maximum absolute atomic E-state index is 11.8. The van der Waals surface area contributed by atoms with Crippen LogP contribution in [0, 0.1) is 0 Å². The van der Waals surface area contributed by atoms with E-state index in [1.54, 1.807) is 42.5 Å². The monoisotopic (exact) mass is 397 g/mol. The van der Waals surface area contributed by atoms with Gasteiger partial charge in [0.2, 0.25) is 0 Å². The number of carbonyl (C=O) groups is 2. The molecule has 0 radical (unpaired) electrons. The molecule has 0 saturated heterocycles. The molecule has 2 aromatic carbocycles. The Balaban J connectivity index is 1.62. The summed E-state index contributed by atoms with van der Waals surface area (Å²) in [6.07, 6.45) is 1.37. The number of benzene rings is 2. The Morgan fingerprint density at radius 1 is 1.11 bits per heavy atom. The van der Waals surface area contributed by atoms with Gasteiger partial charge in [-0.2, -0.15) is 5.10 Å². The quantitative estimate of drug-likeness (QED) is 0.375. The topological polar surface area (TPSA) is 92.9 Å². The van der Waals surface area contributed by atoms with Crippen LogP contribution < -0.4 is 10.7 Å². The van der Waals surface area contributed by atoms with Crippen LogP contribution in [0.15, 0.2) is 70.2 Å². The number of rotatable bonds is 5. The average Bonchev–Trinajstić information content (AvgIpc) is 3.17. The third kappa shape index (κ3) is 4.77. The Bertz CT molecular complexity index is 1020. The van der Waals surface area contributed by atoms with E-state index in [4.69, 9.17) is 16.0 Å².